The Balaban J connectivity index is 1.72. The van der Waals surface area contributed by atoms with E-state index in [0.29, 0.717) is 18.3 Å². The molecule has 0 aromatic rings. The third-order valence-corrected chi connectivity index (χ3v) is 11.6. The first-order valence-corrected chi connectivity index (χ1v) is 15.1. The van der Waals surface area contributed by atoms with Gasteiger partial charge in [0, 0.05) is 11.0 Å². The summed E-state index contributed by atoms with van der Waals surface area (Å²) in [7, 11) is 0. The number of ether oxygens (including phenoxy) is 1. The van der Waals surface area contributed by atoms with Crippen LogP contribution in [0, 0.1) is 27.6 Å². The second kappa shape index (κ2) is 10.6. The molecule has 39 heavy (non-hydrogen) atoms. The van der Waals surface area contributed by atoms with E-state index in [1.165, 1.54) is 36.8 Å². The number of nitrogens with two attached hydrogens (primary N) is 1. The molecule has 0 unspecified atom stereocenters. The molecular formula is C35H51NO3. The van der Waals surface area contributed by atoms with Gasteiger partial charge in [-0.25, -0.2) is 0 Å². The van der Waals surface area contributed by atoms with Crippen LogP contribution in [0.2, 0.25) is 0 Å². The SMILES string of the molecule is CCC1=CC(=O)C(OCC=C(C)C)=C(C)/C1=C/C=C1\CCC[C@@]2(C)[C@@H]3C[C@](C)(C(N)=O)CC[C@]3(C)CC[C@]12C. The van der Waals surface area contributed by atoms with Crippen LogP contribution in [-0.4, -0.2) is 18.3 Å². The summed E-state index contributed by atoms with van der Waals surface area (Å²) in [5.41, 5.74) is 11.8. The maximum Gasteiger partial charge on any atom is 0.223 e. The van der Waals surface area contributed by atoms with E-state index in [1.54, 1.807) is 6.08 Å². The summed E-state index contributed by atoms with van der Waals surface area (Å²) < 4.78 is 5.97. The zero-order valence-electron chi connectivity index (χ0n) is 25.8. The molecule has 0 aromatic heterocycles. The van der Waals surface area contributed by atoms with Gasteiger partial charge in [0.15, 0.2) is 5.76 Å². The van der Waals surface area contributed by atoms with Crippen LogP contribution in [0.25, 0.3) is 0 Å². The van der Waals surface area contributed by atoms with Crippen molar-refractivity contribution in [2.45, 2.75) is 113 Å². The first-order chi connectivity index (χ1) is 18.2. The summed E-state index contributed by atoms with van der Waals surface area (Å²) in [5, 5.41) is 0. The monoisotopic (exact) mass is 533 g/mol. The summed E-state index contributed by atoms with van der Waals surface area (Å²) in [4.78, 5) is 25.4. The number of carbonyl (C=O) groups is 2. The van der Waals surface area contributed by atoms with Crippen LogP contribution in [0.15, 0.2) is 57.9 Å². The highest BCUT2D eigenvalue weighted by Gasteiger charge is 2.63. The predicted molar refractivity (Wildman–Crippen MR) is 160 cm³/mol. The fourth-order valence-corrected chi connectivity index (χ4v) is 8.45. The third-order valence-electron chi connectivity index (χ3n) is 11.6. The normalized spacial score (nSPS) is 38.7. The van der Waals surface area contributed by atoms with Crippen molar-refractivity contribution in [3.63, 3.8) is 0 Å². The number of rotatable bonds is 6. The minimum Gasteiger partial charge on any atom is -0.485 e. The average molecular weight is 534 g/mol. The van der Waals surface area contributed by atoms with Crippen LogP contribution >= 0.6 is 0 Å². The highest BCUT2D eigenvalue weighted by molar-refractivity contribution is 6.06. The molecular weight excluding hydrogens is 482 g/mol. The van der Waals surface area contributed by atoms with Gasteiger partial charge in [-0.3, -0.25) is 9.59 Å². The molecule has 4 heteroatoms. The lowest BCUT2D eigenvalue weighted by Crippen LogP contribution is -2.60. The molecule has 0 heterocycles. The molecule has 4 aliphatic carbocycles. The molecule has 0 radical (unpaired) electrons. The fraction of sp³-hybridized carbons (Fsp3) is 0.657. The van der Waals surface area contributed by atoms with Crippen molar-refractivity contribution in [1.29, 1.82) is 0 Å². The van der Waals surface area contributed by atoms with Crippen LogP contribution < -0.4 is 5.73 Å². The van der Waals surface area contributed by atoms with E-state index in [-0.39, 0.29) is 27.9 Å². The number of hydrogen-bond donors (Lipinski definition) is 1. The van der Waals surface area contributed by atoms with E-state index < -0.39 is 5.41 Å². The van der Waals surface area contributed by atoms with E-state index in [1.807, 2.05) is 26.8 Å². The second-order valence-corrected chi connectivity index (χ2v) is 14.1. The van der Waals surface area contributed by atoms with Crippen LogP contribution in [0.5, 0.6) is 0 Å². The van der Waals surface area contributed by atoms with Gasteiger partial charge in [-0.2, -0.15) is 0 Å². The van der Waals surface area contributed by atoms with Crippen LogP contribution in [0.4, 0.5) is 0 Å². The van der Waals surface area contributed by atoms with Gasteiger partial charge in [-0.1, -0.05) is 57.9 Å². The fourth-order valence-electron chi connectivity index (χ4n) is 8.45. The molecule has 3 fully saturated rings. The maximum atomic E-state index is 12.9. The Bertz CT molecular complexity index is 1190. The molecule has 3 saturated carbocycles. The van der Waals surface area contributed by atoms with E-state index in [4.69, 9.17) is 10.5 Å². The molecule has 0 saturated heterocycles. The van der Waals surface area contributed by atoms with Gasteiger partial charge in [0.1, 0.15) is 6.61 Å². The molecule has 2 N–H and O–H groups in total. The Morgan fingerprint density at radius 3 is 2.41 bits per heavy atom. The van der Waals surface area contributed by atoms with Crippen molar-refractivity contribution in [3.8, 4) is 0 Å². The third kappa shape index (κ3) is 5.02. The minimum absolute atomic E-state index is 0.0325. The van der Waals surface area contributed by atoms with E-state index in [9.17, 15) is 9.59 Å². The number of ketones is 1. The Morgan fingerprint density at radius 1 is 1.08 bits per heavy atom. The number of carbonyl (C=O) groups excluding carboxylic acids is 2. The molecule has 0 aliphatic heterocycles. The van der Waals surface area contributed by atoms with Gasteiger partial charge in [0.25, 0.3) is 0 Å². The lowest BCUT2D eigenvalue weighted by molar-refractivity contribution is -0.161. The van der Waals surface area contributed by atoms with Crippen molar-refractivity contribution in [3.05, 3.63) is 57.9 Å². The van der Waals surface area contributed by atoms with Gasteiger partial charge in [-0.15, -0.1) is 0 Å². The Hall–Kier alpha value is -2.36. The van der Waals surface area contributed by atoms with Gasteiger partial charge >= 0.3 is 0 Å². The lowest BCUT2D eigenvalue weighted by Gasteiger charge is -2.67. The van der Waals surface area contributed by atoms with Crippen molar-refractivity contribution < 1.29 is 14.3 Å². The highest BCUT2D eigenvalue weighted by atomic mass is 16.5. The quantitative estimate of drug-likeness (QED) is 0.349. The summed E-state index contributed by atoms with van der Waals surface area (Å²) in [6.07, 6.45) is 18.0. The van der Waals surface area contributed by atoms with Crippen LogP contribution in [-0.2, 0) is 14.3 Å². The Kier molecular flexibility index (Phi) is 8.02. The largest absolute Gasteiger partial charge is 0.485 e. The molecule has 0 spiro atoms. The lowest BCUT2D eigenvalue weighted by atomic mass is 9.37. The van der Waals surface area contributed by atoms with Crippen molar-refractivity contribution in [2.75, 3.05) is 6.61 Å². The zero-order chi connectivity index (χ0) is 28.8. The molecule has 1 amide bonds. The van der Waals surface area contributed by atoms with Gasteiger partial charge < -0.3 is 10.5 Å². The topological polar surface area (TPSA) is 69.4 Å². The number of hydrogen-bond acceptors (Lipinski definition) is 3. The predicted octanol–water partition coefficient (Wildman–Crippen LogP) is 8.30. The summed E-state index contributed by atoms with van der Waals surface area (Å²) in [6.45, 7) is 18.2. The number of fused-ring (bicyclic) bond motifs is 3. The summed E-state index contributed by atoms with van der Waals surface area (Å²) >= 11 is 0. The Labute approximate surface area is 236 Å². The van der Waals surface area contributed by atoms with Crippen molar-refractivity contribution in [1.82, 2.24) is 0 Å². The van der Waals surface area contributed by atoms with Crippen molar-refractivity contribution >= 4 is 11.7 Å². The van der Waals surface area contributed by atoms with E-state index >= 15 is 0 Å². The summed E-state index contributed by atoms with van der Waals surface area (Å²) in [5.74, 6) is 0.777. The van der Waals surface area contributed by atoms with Crippen LogP contribution in [0.1, 0.15) is 113 Å². The highest BCUT2D eigenvalue weighted by Crippen LogP contribution is 2.71. The zero-order valence-corrected chi connectivity index (χ0v) is 25.8. The average Bonchev–Trinajstić information content (AvgIpc) is 2.87. The number of primary amides is 1. The number of allylic oxidation sites excluding steroid dienone is 8. The van der Waals surface area contributed by atoms with Crippen LogP contribution in [0.3, 0.4) is 0 Å². The second-order valence-electron chi connectivity index (χ2n) is 14.1. The first-order valence-electron chi connectivity index (χ1n) is 15.1. The number of amides is 1. The first kappa shape index (κ1) is 29.6. The standard InChI is InChI=1S/C35H51NO3/c1-9-25-21-28(37)30(39-20-14-23(2)3)24(4)27(25)13-12-26-11-10-15-35(8)29-22-33(6,31(36)38)17-16-32(29,5)18-19-34(26,35)7/h12-14,21,29H,9-11,15-20,22H2,1-8H3,(H2,36,38)/b26-12+,27-13-/t29-,32-,33-,34-,35+/m1/s1. The van der Waals surface area contributed by atoms with E-state index in [2.05, 4.69) is 46.8 Å². The van der Waals surface area contributed by atoms with Gasteiger partial charge in [0.05, 0.1) is 0 Å². The maximum absolute atomic E-state index is 12.9. The van der Waals surface area contributed by atoms with Gasteiger partial charge in [0.2, 0.25) is 11.7 Å². The molecule has 5 atom stereocenters. The minimum atomic E-state index is -0.409. The molecule has 0 aromatic carbocycles. The van der Waals surface area contributed by atoms with Crippen molar-refractivity contribution in [2.24, 2.45) is 33.3 Å². The smallest absolute Gasteiger partial charge is 0.223 e. The molecule has 4 aliphatic rings. The van der Waals surface area contributed by atoms with Gasteiger partial charge in [-0.05, 0) is 124 Å². The Morgan fingerprint density at radius 2 is 1.77 bits per heavy atom. The molecule has 4 nitrogen and oxygen atoms in total. The molecule has 4 rings (SSSR count). The van der Waals surface area contributed by atoms with E-state index in [0.717, 1.165) is 48.8 Å². The molecule has 214 valence electrons. The molecule has 0 bridgehead atoms. The summed E-state index contributed by atoms with van der Waals surface area (Å²) in [6, 6.07) is 0.